The Labute approximate surface area is 279 Å². The summed E-state index contributed by atoms with van der Waals surface area (Å²) in [5.41, 5.74) is 4.61. The second-order valence-electron chi connectivity index (χ2n) is 12.3. The Morgan fingerprint density at radius 3 is 2.11 bits per heavy atom. The average Bonchev–Trinajstić information content (AvgIpc) is 3.05. The van der Waals surface area contributed by atoms with E-state index in [-0.39, 0.29) is 29.7 Å². The number of carbonyl (C=O) groups is 2. The van der Waals surface area contributed by atoms with Crippen molar-refractivity contribution in [2.75, 3.05) is 24.5 Å². The van der Waals surface area contributed by atoms with Crippen molar-refractivity contribution < 1.29 is 22.7 Å². The van der Waals surface area contributed by atoms with Gasteiger partial charge in [-0.2, -0.15) is 0 Å². The molecule has 248 valence electrons. The number of amides is 2. The van der Waals surface area contributed by atoms with Gasteiger partial charge in [-0.05, 0) is 73.7 Å². The number of aryl methyl sites for hydroxylation is 3. The molecule has 8 nitrogen and oxygen atoms in total. The molecule has 0 unspecified atom stereocenters. The Morgan fingerprint density at radius 2 is 1.47 bits per heavy atom. The molecule has 0 aromatic heterocycles. The summed E-state index contributed by atoms with van der Waals surface area (Å²) < 4.78 is 35.2. The molecule has 1 atom stereocenters. The molecule has 0 aliphatic rings. The van der Waals surface area contributed by atoms with Gasteiger partial charge in [-0.25, -0.2) is 8.42 Å². The number of methoxy groups -OCH3 is 1. The van der Waals surface area contributed by atoms with Gasteiger partial charge in [0.25, 0.3) is 10.0 Å². The summed E-state index contributed by atoms with van der Waals surface area (Å²) in [6.07, 6.45) is 0.245. The first-order chi connectivity index (χ1) is 22.4. The Balaban J connectivity index is 1.83. The van der Waals surface area contributed by atoms with Gasteiger partial charge in [0, 0.05) is 19.5 Å². The molecule has 0 saturated carbocycles. The van der Waals surface area contributed by atoms with E-state index in [4.69, 9.17) is 4.74 Å². The summed E-state index contributed by atoms with van der Waals surface area (Å²) in [5, 5.41) is 3.02. The first-order valence-corrected chi connectivity index (χ1v) is 17.2. The second-order valence-corrected chi connectivity index (χ2v) is 14.2. The van der Waals surface area contributed by atoms with Crippen LogP contribution in [-0.2, 0) is 32.6 Å². The van der Waals surface area contributed by atoms with Crippen molar-refractivity contribution in [2.45, 2.75) is 58.5 Å². The maximum absolute atomic E-state index is 14.7. The van der Waals surface area contributed by atoms with Crippen molar-refractivity contribution in [2.24, 2.45) is 5.92 Å². The number of hydrogen-bond donors (Lipinski definition) is 1. The van der Waals surface area contributed by atoms with E-state index in [9.17, 15) is 18.0 Å². The number of rotatable bonds is 14. The number of benzene rings is 4. The molecule has 0 radical (unpaired) electrons. The van der Waals surface area contributed by atoms with E-state index < -0.39 is 28.5 Å². The highest BCUT2D eigenvalue weighted by Crippen LogP contribution is 2.29. The van der Waals surface area contributed by atoms with Crippen LogP contribution in [0.3, 0.4) is 0 Å². The van der Waals surface area contributed by atoms with Crippen molar-refractivity contribution in [1.82, 2.24) is 10.2 Å². The standard InChI is InChI=1S/C38H45N3O5S/c1-27(2)24-39-38(43)36(23-31-11-8-7-9-12-31)40(25-32-13-10-14-33(22-32)46-6)37(42)26-41(35-20-17-29(4)21-30(35)5)47(44,45)34-18-15-28(3)16-19-34/h7-22,27,36H,23-26H2,1-6H3,(H,39,43)/t36-/m1/s1. The highest BCUT2D eigenvalue weighted by molar-refractivity contribution is 7.92. The van der Waals surface area contributed by atoms with Gasteiger partial charge in [0.1, 0.15) is 18.3 Å². The molecule has 0 bridgehead atoms. The highest BCUT2D eigenvalue weighted by atomic mass is 32.2. The average molecular weight is 656 g/mol. The summed E-state index contributed by atoms with van der Waals surface area (Å²) >= 11 is 0. The molecule has 4 aromatic rings. The lowest BCUT2D eigenvalue weighted by molar-refractivity contribution is -0.140. The maximum atomic E-state index is 14.7. The Hall–Kier alpha value is -4.63. The molecule has 1 N–H and O–H groups in total. The van der Waals surface area contributed by atoms with Crippen molar-refractivity contribution >= 4 is 27.5 Å². The van der Waals surface area contributed by atoms with Gasteiger partial charge >= 0.3 is 0 Å². The first kappa shape index (κ1) is 35.2. The van der Waals surface area contributed by atoms with Gasteiger partial charge in [-0.3, -0.25) is 13.9 Å². The minimum atomic E-state index is -4.18. The monoisotopic (exact) mass is 655 g/mol. The highest BCUT2D eigenvalue weighted by Gasteiger charge is 2.35. The molecule has 2 amide bonds. The van der Waals surface area contributed by atoms with Crippen LogP contribution in [0, 0.1) is 26.7 Å². The Bertz CT molecular complexity index is 1770. The zero-order chi connectivity index (χ0) is 34.1. The quantitative estimate of drug-likeness (QED) is 0.174. The summed E-state index contributed by atoms with van der Waals surface area (Å²) in [5.74, 6) is -0.0153. The predicted molar refractivity (Wildman–Crippen MR) is 187 cm³/mol. The largest absolute Gasteiger partial charge is 0.497 e. The van der Waals surface area contributed by atoms with Gasteiger partial charge in [-0.1, -0.05) is 91.7 Å². The fourth-order valence-corrected chi connectivity index (χ4v) is 6.86. The SMILES string of the molecule is COc1cccc(CN(C(=O)CN(c2ccc(C)cc2C)S(=O)(=O)c2ccc(C)cc2)[C@H](Cc2ccccc2)C(=O)NCC(C)C)c1. The number of carbonyl (C=O) groups excluding carboxylic acids is 2. The molecule has 0 saturated heterocycles. The number of ether oxygens (including phenoxy) is 1. The van der Waals surface area contributed by atoms with Crippen LogP contribution < -0.4 is 14.4 Å². The first-order valence-electron chi connectivity index (χ1n) is 15.8. The molecular formula is C38H45N3O5S. The molecular weight excluding hydrogens is 611 g/mol. The van der Waals surface area contributed by atoms with Crippen LogP contribution in [0.25, 0.3) is 0 Å². The van der Waals surface area contributed by atoms with Gasteiger partial charge < -0.3 is 15.0 Å². The van der Waals surface area contributed by atoms with Crippen LogP contribution in [0.5, 0.6) is 5.75 Å². The van der Waals surface area contributed by atoms with Crippen LogP contribution >= 0.6 is 0 Å². The molecule has 0 aliphatic carbocycles. The lowest BCUT2D eigenvalue weighted by atomic mass is 10.0. The van der Waals surface area contributed by atoms with Gasteiger partial charge in [0.15, 0.2) is 0 Å². The molecule has 0 heterocycles. The molecule has 0 fully saturated rings. The number of nitrogens with zero attached hydrogens (tertiary/aromatic N) is 2. The Kier molecular flexibility index (Phi) is 11.8. The van der Waals surface area contributed by atoms with E-state index in [1.165, 1.54) is 9.21 Å². The van der Waals surface area contributed by atoms with Crippen molar-refractivity contribution in [1.29, 1.82) is 0 Å². The van der Waals surface area contributed by atoms with Crippen molar-refractivity contribution in [3.05, 3.63) is 125 Å². The zero-order valence-electron chi connectivity index (χ0n) is 28.1. The molecule has 0 aliphatic heterocycles. The third-order valence-electron chi connectivity index (χ3n) is 7.95. The van der Waals surface area contributed by atoms with E-state index >= 15 is 0 Å². The molecule has 9 heteroatoms. The zero-order valence-corrected chi connectivity index (χ0v) is 28.9. The van der Waals surface area contributed by atoms with Gasteiger partial charge in [0.05, 0.1) is 17.7 Å². The van der Waals surface area contributed by atoms with Crippen LogP contribution in [0.4, 0.5) is 5.69 Å². The second kappa shape index (κ2) is 15.8. The molecule has 47 heavy (non-hydrogen) atoms. The number of sulfonamides is 1. The van der Waals surface area contributed by atoms with Crippen LogP contribution in [-0.4, -0.2) is 51.4 Å². The van der Waals surface area contributed by atoms with Crippen LogP contribution in [0.1, 0.15) is 41.7 Å². The number of nitrogens with one attached hydrogen (secondary N) is 1. The fraction of sp³-hybridized carbons (Fsp3) is 0.316. The smallest absolute Gasteiger partial charge is 0.264 e. The maximum Gasteiger partial charge on any atom is 0.264 e. The van der Waals surface area contributed by atoms with Gasteiger partial charge in [0.2, 0.25) is 11.8 Å². The van der Waals surface area contributed by atoms with Crippen molar-refractivity contribution in [3.63, 3.8) is 0 Å². The van der Waals surface area contributed by atoms with E-state index in [0.29, 0.717) is 23.5 Å². The molecule has 0 spiro atoms. The van der Waals surface area contributed by atoms with E-state index in [2.05, 4.69) is 5.32 Å². The van der Waals surface area contributed by atoms with Gasteiger partial charge in [-0.15, -0.1) is 0 Å². The van der Waals surface area contributed by atoms with E-state index in [0.717, 1.165) is 22.3 Å². The van der Waals surface area contributed by atoms with Crippen LogP contribution in [0.15, 0.2) is 102 Å². The fourth-order valence-electron chi connectivity index (χ4n) is 5.38. The van der Waals surface area contributed by atoms with Crippen LogP contribution in [0.2, 0.25) is 0 Å². The minimum Gasteiger partial charge on any atom is -0.497 e. The number of hydrogen-bond acceptors (Lipinski definition) is 5. The normalized spacial score (nSPS) is 12.0. The summed E-state index contributed by atoms with van der Waals surface area (Å²) in [6, 6.07) is 27.9. The summed E-state index contributed by atoms with van der Waals surface area (Å²) in [6.45, 7) is 9.64. The lowest BCUT2D eigenvalue weighted by Crippen LogP contribution is -2.53. The minimum absolute atomic E-state index is 0.0634. The van der Waals surface area contributed by atoms with E-state index in [1.54, 1.807) is 37.4 Å². The molecule has 4 rings (SSSR count). The third kappa shape index (κ3) is 9.23. The number of anilines is 1. The lowest BCUT2D eigenvalue weighted by Gasteiger charge is -2.34. The topological polar surface area (TPSA) is 96.0 Å². The van der Waals surface area contributed by atoms with Crippen molar-refractivity contribution in [3.8, 4) is 5.75 Å². The van der Waals surface area contributed by atoms with E-state index in [1.807, 2.05) is 101 Å². The summed E-state index contributed by atoms with van der Waals surface area (Å²) in [4.78, 5) is 30.2. The molecule has 4 aromatic carbocycles. The third-order valence-corrected chi connectivity index (χ3v) is 9.73. The predicted octanol–water partition coefficient (Wildman–Crippen LogP) is 6.23. The Morgan fingerprint density at radius 1 is 0.809 bits per heavy atom. The summed E-state index contributed by atoms with van der Waals surface area (Å²) in [7, 11) is -2.61.